The van der Waals surface area contributed by atoms with Crippen molar-refractivity contribution in [1.82, 2.24) is 10.3 Å². The zero-order valence-corrected chi connectivity index (χ0v) is 15.5. The summed E-state index contributed by atoms with van der Waals surface area (Å²) in [5.74, 6) is -0.364. The van der Waals surface area contributed by atoms with Gasteiger partial charge in [-0.15, -0.1) is 0 Å². The van der Waals surface area contributed by atoms with Gasteiger partial charge in [-0.2, -0.15) is 0 Å². The van der Waals surface area contributed by atoms with E-state index in [1.807, 2.05) is 6.07 Å². The number of rotatable bonds is 6. The minimum absolute atomic E-state index is 0.0665. The van der Waals surface area contributed by atoms with Crippen LogP contribution >= 0.6 is 0 Å². The zero-order chi connectivity index (χ0) is 19.3. The smallest absolute Gasteiger partial charge is 0.262 e. The maximum Gasteiger partial charge on any atom is 0.262 e. The average Bonchev–Trinajstić information content (AvgIpc) is 2.67. The van der Waals surface area contributed by atoms with Crippen LogP contribution in [0.3, 0.4) is 0 Å². The van der Waals surface area contributed by atoms with Crippen LogP contribution in [0.2, 0.25) is 0 Å². The molecule has 0 aliphatic heterocycles. The monoisotopic (exact) mass is 381 g/mol. The van der Waals surface area contributed by atoms with Crippen LogP contribution < -0.4 is 10.0 Å². The molecule has 0 atom stereocenters. The number of para-hydroxylation sites is 1. The molecule has 1 amide bonds. The molecule has 7 heteroatoms. The first-order chi connectivity index (χ1) is 13.0. The van der Waals surface area contributed by atoms with Crippen LogP contribution in [-0.2, 0) is 16.6 Å². The van der Waals surface area contributed by atoms with E-state index in [2.05, 4.69) is 15.0 Å². The maximum absolute atomic E-state index is 12.7. The highest BCUT2D eigenvalue weighted by atomic mass is 32.2. The Hall–Kier alpha value is -3.19. The summed E-state index contributed by atoms with van der Waals surface area (Å²) >= 11 is 0. The van der Waals surface area contributed by atoms with Crippen molar-refractivity contribution in [3.8, 4) is 0 Å². The first kappa shape index (κ1) is 18.6. The van der Waals surface area contributed by atoms with Gasteiger partial charge in [0.05, 0.1) is 17.1 Å². The van der Waals surface area contributed by atoms with Crippen LogP contribution in [0.4, 0.5) is 5.69 Å². The standard InChI is InChI=1S/C20H19N3O3S/c1-15-10-11-16(20(24)22-14-18-9-5-6-12-21-18)13-19(15)27(25,26)23-17-7-3-2-4-8-17/h2-13,23H,14H2,1H3,(H,22,24). The van der Waals surface area contributed by atoms with Crippen molar-refractivity contribution in [3.63, 3.8) is 0 Å². The molecule has 0 aliphatic carbocycles. The number of aryl methyl sites for hydroxylation is 1. The van der Waals surface area contributed by atoms with E-state index in [9.17, 15) is 13.2 Å². The number of carbonyl (C=O) groups is 1. The van der Waals surface area contributed by atoms with Crippen LogP contribution in [0.5, 0.6) is 0 Å². The van der Waals surface area contributed by atoms with Gasteiger partial charge in [0.15, 0.2) is 0 Å². The summed E-state index contributed by atoms with van der Waals surface area (Å²) < 4.78 is 28.0. The van der Waals surface area contributed by atoms with Crippen LogP contribution in [0.15, 0.2) is 77.8 Å². The molecule has 0 radical (unpaired) electrons. The van der Waals surface area contributed by atoms with Gasteiger partial charge in [-0.1, -0.05) is 30.3 Å². The molecular formula is C20H19N3O3S. The second-order valence-electron chi connectivity index (χ2n) is 5.96. The molecule has 0 spiro atoms. The SMILES string of the molecule is Cc1ccc(C(=O)NCc2ccccn2)cc1S(=O)(=O)Nc1ccccc1. The summed E-state index contributed by atoms with van der Waals surface area (Å²) in [7, 11) is -3.81. The maximum atomic E-state index is 12.7. The first-order valence-corrected chi connectivity index (χ1v) is 9.81. The van der Waals surface area contributed by atoms with Gasteiger partial charge in [0, 0.05) is 17.4 Å². The lowest BCUT2D eigenvalue weighted by Crippen LogP contribution is -2.24. The van der Waals surface area contributed by atoms with E-state index in [-0.39, 0.29) is 22.9 Å². The number of nitrogens with zero attached hydrogens (tertiary/aromatic N) is 1. The molecule has 1 heterocycles. The summed E-state index contributed by atoms with van der Waals surface area (Å²) in [4.78, 5) is 16.6. The number of aromatic nitrogens is 1. The van der Waals surface area contributed by atoms with Crippen molar-refractivity contribution in [2.24, 2.45) is 0 Å². The minimum Gasteiger partial charge on any atom is -0.346 e. The molecule has 1 aromatic heterocycles. The van der Waals surface area contributed by atoms with Gasteiger partial charge in [-0.25, -0.2) is 8.42 Å². The Balaban J connectivity index is 1.80. The fourth-order valence-electron chi connectivity index (χ4n) is 2.52. The molecule has 138 valence electrons. The van der Waals surface area contributed by atoms with Gasteiger partial charge in [0.2, 0.25) is 0 Å². The Morgan fingerprint density at radius 3 is 2.44 bits per heavy atom. The summed E-state index contributed by atoms with van der Waals surface area (Å²) in [5, 5.41) is 2.75. The van der Waals surface area contributed by atoms with E-state index in [0.29, 0.717) is 11.3 Å². The van der Waals surface area contributed by atoms with E-state index in [0.717, 1.165) is 5.69 Å². The highest BCUT2D eigenvalue weighted by Crippen LogP contribution is 2.20. The number of carbonyl (C=O) groups excluding carboxylic acids is 1. The van der Waals surface area contributed by atoms with Gasteiger partial charge in [0.1, 0.15) is 0 Å². The van der Waals surface area contributed by atoms with Gasteiger partial charge in [-0.05, 0) is 48.9 Å². The van der Waals surface area contributed by atoms with Crippen molar-refractivity contribution >= 4 is 21.6 Å². The van der Waals surface area contributed by atoms with E-state index in [1.54, 1.807) is 67.7 Å². The Bertz CT molecular complexity index is 1040. The van der Waals surface area contributed by atoms with E-state index in [1.165, 1.54) is 6.07 Å². The summed E-state index contributed by atoms with van der Waals surface area (Å²) in [5.41, 5.74) is 2.00. The van der Waals surface area contributed by atoms with Crippen molar-refractivity contribution in [2.75, 3.05) is 4.72 Å². The fraction of sp³-hybridized carbons (Fsp3) is 0.100. The number of sulfonamides is 1. The van der Waals surface area contributed by atoms with Gasteiger partial charge < -0.3 is 5.32 Å². The molecule has 2 aromatic carbocycles. The van der Waals surface area contributed by atoms with E-state index < -0.39 is 10.0 Å². The minimum atomic E-state index is -3.81. The molecule has 6 nitrogen and oxygen atoms in total. The highest BCUT2D eigenvalue weighted by Gasteiger charge is 2.19. The van der Waals surface area contributed by atoms with Crippen LogP contribution in [-0.4, -0.2) is 19.3 Å². The van der Waals surface area contributed by atoms with Crippen molar-refractivity contribution in [3.05, 3.63) is 89.7 Å². The molecule has 0 saturated carbocycles. The molecule has 27 heavy (non-hydrogen) atoms. The normalized spacial score (nSPS) is 11.0. The Morgan fingerprint density at radius 1 is 1.00 bits per heavy atom. The lowest BCUT2D eigenvalue weighted by Gasteiger charge is -2.12. The summed E-state index contributed by atoms with van der Waals surface area (Å²) in [6.45, 7) is 1.95. The largest absolute Gasteiger partial charge is 0.346 e. The molecule has 0 aliphatic rings. The van der Waals surface area contributed by atoms with E-state index in [4.69, 9.17) is 0 Å². The lowest BCUT2D eigenvalue weighted by molar-refractivity contribution is 0.0950. The lowest BCUT2D eigenvalue weighted by atomic mass is 10.1. The van der Waals surface area contributed by atoms with Crippen molar-refractivity contribution in [1.29, 1.82) is 0 Å². The van der Waals surface area contributed by atoms with Gasteiger partial charge >= 0.3 is 0 Å². The molecule has 2 N–H and O–H groups in total. The van der Waals surface area contributed by atoms with Crippen LogP contribution in [0.25, 0.3) is 0 Å². The molecular weight excluding hydrogens is 362 g/mol. The Labute approximate surface area is 158 Å². The highest BCUT2D eigenvalue weighted by molar-refractivity contribution is 7.92. The van der Waals surface area contributed by atoms with Crippen LogP contribution in [0, 0.1) is 6.92 Å². The van der Waals surface area contributed by atoms with Gasteiger partial charge in [-0.3, -0.25) is 14.5 Å². The van der Waals surface area contributed by atoms with Crippen LogP contribution in [0.1, 0.15) is 21.6 Å². The van der Waals surface area contributed by atoms with Crippen molar-refractivity contribution < 1.29 is 13.2 Å². The average molecular weight is 381 g/mol. The third-order valence-electron chi connectivity index (χ3n) is 3.92. The second kappa shape index (κ2) is 8.01. The third-order valence-corrected chi connectivity index (χ3v) is 5.45. The number of nitrogens with one attached hydrogen (secondary N) is 2. The Kier molecular flexibility index (Phi) is 5.52. The quantitative estimate of drug-likeness (QED) is 0.687. The Morgan fingerprint density at radius 2 is 1.74 bits per heavy atom. The number of amides is 1. The summed E-state index contributed by atoms with van der Waals surface area (Å²) in [6.07, 6.45) is 1.65. The predicted molar refractivity (Wildman–Crippen MR) is 104 cm³/mol. The fourth-order valence-corrected chi connectivity index (χ4v) is 3.85. The number of hydrogen-bond acceptors (Lipinski definition) is 4. The van der Waals surface area contributed by atoms with Crippen molar-refractivity contribution in [2.45, 2.75) is 18.4 Å². The molecule has 3 rings (SSSR count). The molecule has 3 aromatic rings. The number of pyridine rings is 1. The van der Waals surface area contributed by atoms with Gasteiger partial charge in [0.25, 0.3) is 15.9 Å². The molecule has 0 unspecified atom stereocenters. The first-order valence-electron chi connectivity index (χ1n) is 8.32. The number of benzene rings is 2. The summed E-state index contributed by atoms with van der Waals surface area (Å²) in [6, 6.07) is 18.6. The third kappa shape index (κ3) is 4.71. The predicted octanol–water partition coefficient (Wildman–Crippen LogP) is 3.12. The molecule has 0 saturated heterocycles. The number of anilines is 1. The second-order valence-corrected chi connectivity index (χ2v) is 7.61. The zero-order valence-electron chi connectivity index (χ0n) is 14.7. The number of hydrogen-bond donors (Lipinski definition) is 2. The van der Waals surface area contributed by atoms with E-state index >= 15 is 0 Å². The topological polar surface area (TPSA) is 88.2 Å². The molecule has 0 bridgehead atoms. The molecule has 0 fully saturated rings.